The summed E-state index contributed by atoms with van der Waals surface area (Å²) in [4.78, 5) is 4.38. The molecule has 3 heteroatoms. The summed E-state index contributed by atoms with van der Waals surface area (Å²) in [6, 6.07) is 4.12. The first kappa shape index (κ1) is 11.6. The normalized spacial score (nSPS) is 12.7. The Hall–Kier alpha value is -0.860. The van der Waals surface area contributed by atoms with Crippen molar-refractivity contribution >= 4 is 22.9 Å². The highest BCUT2D eigenvalue weighted by molar-refractivity contribution is 7.08. The molecule has 0 aliphatic rings. The molecule has 84 valence electrons. The smallest absolute Gasteiger partial charge is 0.0651 e. The molecule has 1 nitrogen and oxygen atoms in total. The van der Waals surface area contributed by atoms with Gasteiger partial charge in [-0.25, -0.2) is 0 Å². The minimum absolute atomic E-state index is 0.0291. The van der Waals surface area contributed by atoms with Crippen molar-refractivity contribution in [2.24, 2.45) is 0 Å². The van der Waals surface area contributed by atoms with Gasteiger partial charge in [0, 0.05) is 18.3 Å². The minimum Gasteiger partial charge on any atom is -0.261 e. The molecule has 0 radical (unpaired) electrons. The van der Waals surface area contributed by atoms with Crippen LogP contribution in [0.5, 0.6) is 0 Å². The lowest BCUT2D eigenvalue weighted by Crippen LogP contribution is -1.98. The predicted octanol–water partition coefficient (Wildman–Crippen LogP) is 4.28. The zero-order valence-electron chi connectivity index (χ0n) is 9.40. The average Bonchev–Trinajstić information content (AvgIpc) is 2.68. The van der Waals surface area contributed by atoms with Gasteiger partial charge in [-0.1, -0.05) is 6.07 Å². The molecule has 2 aromatic rings. The Labute approximate surface area is 105 Å². The summed E-state index contributed by atoms with van der Waals surface area (Å²) >= 11 is 8.10. The van der Waals surface area contributed by atoms with Crippen LogP contribution in [-0.2, 0) is 6.42 Å². The van der Waals surface area contributed by atoms with Crippen LogP contribution in [0.15, 0.2) is 29.1 Å². The van der Waals surface area contributed by atoms with Crippen molar-refractivity contribution in [1.29, 1.82) is 0 Å². The number of thiophene rings is 1. The topological polar surface area (TPSA) is 12.9 Å². The third-order valence-electron chi connectivity index (χ3n) is 2.59. The molecule has 1 unspecified atom stereocenters. The first-order valence-electron chi connectivity index (χ1n) is 5.25. The number of rotatable bonds is 3. The number of alkyl halides is 1. The van der Waals surface area contributed by atoms with Gasteiger partial charge in [0.1, 0.15) is 0 Å². The average molecular weight is 252 g/mol. The number of pyridine rings is 1. The molecular formula is C13H14ClNS. The SMILES string of the molecule is Cc1ccc(CC(Cl)c2cscc2C)nc1. The van der Waals surface area contributed by atoms with Crippen LogP contribution in [0, 0.1) is 13.8 Å². The Kier molecular flexibility index (Phi) is 3.62. The van der Waals surface area contributed by atoms with Gasteiger partial charge >= 0.3 is 0 Å². The van der Waals surface area contributed by atoms with Crippen LogP contribution in [-0.4, -0.2) is 4.98 Å². The predicted molar refractivity (Wildman–Crippen MR) is 70.3 cm³/mol. The maximum atomic E-state index is 6.39. The molecular weight excluding hydrogens is 238 g/mol. The van der Waals surface area contributed by atoms with Crippen LogP contribution in [0.25, 0.3) is 0 Å². The van der Waals surface area contributed by atoms with E-state index in [1.54, 1.807) is 11.3 Å². The standard InChI is InChI=1S/C13H14ClNS/c1-9-3-4-11(15-6-9)5-13(14)12-8-16-7-10(12)2/h3-4,6-8,13H,5H2,1-2H3. The summed E-state index contributed by atoms with van der Waals surface area (Å²) in [5.74, 6) is 0. The minimum atomic E-state index is 0.0291. The van der Waals surface area contributed by atoms with Crippen LogP contribution in [0.4, 0.5) is 0 Å². The second kappa shape index (κ2) is 4.98. The molecule has 2 heterocycles. The quantitative estimate of drug-likeness (QED) is 0.742. The van der Waals surface area contributed by atoms with E-state index in [1.165, 1.54) is 16.7 Å². The second-order valence-corrected chi connectivity index (χ2v) is 5.28. The second-order valence-electron chi connectivity index (χ2n) is 4.01. The summed E-state index contributed by atoms with van der Waals surface area (Å²) in [6.45, 7) is 4.14. The van der Waals surface area contributed by atoms with Gasteiger partial charge in [-0.05, 0) is 47.4 Å². The molecule has 0 N–H and O–H groups in total. The first-order valence-corrected chi connectivity index (χ1v) is 6.63. The van der Waals surface area contributed by atoms with Crippen molar-refractivity contribution in [3.05, 3.63) is 51.5 Å². The van der Waals surface area contributed by atoms with Crippen molar-refractivity contribution in [2.45, 2.75) is 25.6 Å². The number of hydrogen-bond donors (Lipinski definition) is 0. The third kappa shape index (κ3) is 2.63. The van der Waals surface area contributed by atoms with Crippen LogP contribution in [0.2, 0.25) is 0 Å². The van der Waals surface area contributed by atoms with Crippen molar-refractivity contribution in [3.63, 3.8) is 0 Å². The van der Waals surface area contributed by atoms with Gasteiger partial charge in [-0.3, -0.25) is 4.98 Å². The maximum Gasteiger partial charge on any atom is 0.0651 e. The van der Waals surface area contributed by atoms with Crippen LogP contribution in [0.3, 0.4) is 0 Å². The molecule has 1 atom stereocenters. The summed E-state index contributed by atoms with van der Waals surface area (Å²) in [7, 11) is 0. The monoisotopic (exact) mass is 251 g/mol. The van der Waals surface area contributed by atoms with Gasteiger partial charge in [-0.15, -0.1) is 11.6 Å². The maximum absolute atomic E-state index is 6.39. The number of hydrogen-bond acceptors (Lipinski definition) is 2. The Morgan fingerprint density at radius 1 is 1.31 bits per heavy atom. The highest BCUT2D eigenvalue weighted by Gasteiger charge is 2.12. The van der Waals surface area contributed by atoms with E-state index in [2.05, 4.69) is 28.7 Å². The number of aryl methyl sites for hydroxylation is 2. The molecule has 0 aliphatic heterocycles. The fourth-order valence-corrected chi connectivity index (χ4v) is 2.98. The zero-order valence-corrected chi connectivity index (χ0v) is 11.0. The Morgan fingerprint density at radius 3 is 2.69 bits per heavy atom. The van der Waals surface area contributed by atoms with E-state index in [-0.39, 0.29) is 5.38 Å². The van der Waals surface area contributed by atoms with Gasteiger partial charge in [0.25, 0.3) is 0 Å². The van der Waals surface area contributed by atoms with Crippen molar-refractivity contribution in [3.8, 4) is 0 Å². The molecule has 0 spiro atoms. The molecule has 0 saturated heterocycles. The van der Waals surface area contributed by atoms with Gasteiger partial charge in [0.05, 0.1) is 5.38 Å². The molecule has 0 amide bonds. The van der Waals surface area contributed by atoms with Crippen molar-refractivity contribution < 1.29 is 0 Å². The fourth-order valence-electron chi connectivity index (χ4n) is 1.60. The lowest BCUT2D eigenvalue weighted by molar-refractivity contribution is 0.876. The number of aromatic nitrogens is 1. The molecule has 2 aromatic heterocycles. The first-order chi connectivity index (χ1) is 7.66. The number of nitrogens with zero attached hydrogens (tertiary/aromatic N) is 1. The molecule has 0 aliphatic carbocycles. The molecule has 0 saturated carbocycles. The van der Waals surface area contributed by atoms with Crippen molar-refractivity contribution in [1.82, 2.24) is 4.98 Å². The van der Waals surface area contributed by atoms with Gasteiger partial charge in [0.2, 0.25) is 0 Å². The van der Waals surface area contributed by atoms with E-state index >= 15 is 0 Å². The van der Waals surface area contributed by atoms with E-state index < -0.39 is 0 Å². The van der Waals surface area contributed by atoms with E-state index in [0.717, 1.165) is 12.1 Å². The highest BCUT2D eigenvalue weighted by Crippen LogP contribution is 2.29. The van der Waals surface area contributed by atoms with E-state index in [0.29, 0.717) is 0 Å². The van der Waals surface area contributed by atoms with Crippen LogP contribution < -0.4 is 0 Å². The number of halogens is 1. The lowest BCUT2D eigenvalue weighted by atomic mass is 10.1. The zero-order chi connectivity index (χ0) is 11.5. The summed E-state index contributed by atoms with van der Waals surface area (Å²) in [5.41, 5.74) is 4.74. The molecule has 16 heavy (non-hydrogen) atoms. The highest BCUT2D eigenvalue weighted by atomic mass is 35.5. The lowest BCUT2D eigenvalue weighted by Gasteiger charge is -2.08. The molecule has 0 fully saturated rings. The summed E-state index contributed by atoms with van der Waals surface area (Å²) in [5, 5.41) is 4.29. The summed E-state index contributed by atoms with van der Waals surface area (Å²) in [6.07, 6.45) is 2.68. The molecule has 0 bridgehead atoms. The van der Waals surface area contributed by atoms with Gasteiger partial charge in [0.15, 0.2) is 0 Å². The summed E-state index contributed by atoms with van der Waals surface area (Å²) < 4.78 is 0. The Balaban J connectivity index is 2.10. The Bertz CT molecular complexity index is 461. The van der Waals surface area contributed by atoms with Crippen molar-refractivity contribution in [2.75, 3.05) is 0 Å². The van der Waals surface area contributed by atoms with Gasteiger partial charge in [-0.2, -0.15) is 11.3 Å². The van der Waals surface area contributed by atoms with Crippen LogP contribution in [0.1, 0.15) is 27.8 Å². The van der Waals surface area contributed by atoms with E-state index in [1.807, 2.05) is 19.2 Å². The third-order valence-corrected chi connectivity index (χ3v) is 3.86. The van der Waals surface area contributed by atoms with E-state index in [4.69, 9.17) is 11.6 Å². The largest absolute Gasteiger partial charge is 0.261 e. The molecule has 2 rings (SSSR count). The molecule has 0 aromatic carbocycles. The van der Waals surface area contributed by atoms with Gasteiger partial charge < -0.3 is 0 Å². The Morgan fingerprint density at radius 2 is 2.12 bits per heavy atom. The van der Waals surface area contributed by atoms with E-state index in [9.17, 15) is 0 Å². The van der Waals surface area contributed by atoms with Crippen LogP contribution >= 0.6 is 22.9 Å². The fraction of sp³-hybridized carbons (Fsp3) is 0.308.